The van der Waals surface area contributed by atoms with E-state index in [2.05, 4.69) is 0 Å². The smallest absolute Gasteiger partial charge is 0.187 e. The highest BCUT2D eigenvalue weighted by atomic mass is 16.5. The fourth-order valence-electron chi connectivity index (χ4n) is 0.615. The molecule has 0 aromatic carbocycles. The average molecular weight is 100 g/mol. The third-order valence-corrected chi connectivity index (χ3v) is 1.16. The second-order valence-corrected chi connectivity index (χ2v) is 1.67. The molecule has 0 aromatic rings. The number of carbonyl (C=O) groups is 1. The van der Waals surface area contributed by atoms with Gasteiger partial charge in [0.25, 0.3) is 0 Å². The van der Waals surface area contributed by atoms with Crippen LogP contribution in [-0.2, 0) is 9.53 Å². The summed E-state index contributed by atoms with van der Waals surface area (Å²) in [5.74, 6) is 0.252. The Bertz CT molecular complexity index is 86.1. The molecule has 1 saturated heterocycles. The molecule has 40 valence electrons. The van der Waals surface area contributed by atoms with Gasteiger partial charge in [-0.1, -0.05) is 6.92 Å². The van der Waals surface area contributed by atoms with Gasteiger partial charge in [-0.15, -0.1) is 0 Å². The molecule has 2 heteroatoms. The largest absolute Gasteiger partial charge is 0.362 e. The number of hydrogen-bond donors (Lipinski definition) is 0. The fraction of sp³-hybridized carbons (Fsp3) is 0.800. The Labute approximate surface area is 42.5 Å². The van der Waals surface area contributed by atoms with Gasteiger partial charge in [-0.2, -0.15) is 0 Å². The highest BCUT2D eigenvalue weighted by molar-refractivity contribution is 5.88. The minimum absolute atomic E-state index is 0.0556. The van der Waals surface area contributed by atoms with E-state index in [4.69, 9.17) is 4.74 Å². The molecule has 1 atom stereocenters. The molecule has 0 spiro atoms. The van der Waals surface area contributed by atoms with Crippen molar-refractivity contribution in [2.45, 2.75) is 19.4 Å². The lowest BCUT2D eigenvalue weighted by Crippen LogP contribution is -2.39. The lowest BCUT2D eigenvalue weighted by Gasteiger charge is -2.22. The van der Waals surface area contributed by atoms with Gasteiger partial charge in [0.15, 0.2) is 5.78 Å². The van der Waals surface area contributed by atoms with Gasteiger partial charge in [-0.3, -0.25) is 4.79 Å². The summed E-state index contributed by atoms with van der Waals surface area (Å²) >= 11 is 0. The van der Waals surface area contributed by atoms with Crippen LogP contribution in [0.15, 0.2) is 0 Å². The van der Waals surface area contributed by atoms with Crippen LogP contribution in [0.2, 0.25) is 0 Å². The van der Waals surface area contributed by atoms with Crippen molar-refractivity contribution in [3.63, 3.8) is 0 Å². The maximum Gasteiger partial charge on any atom is 0.187 e. The zero-order valence-electron chi connectivity index (χ0n) is 4.31. The highest BCUT2D eigenvalue weighted by Crippen LogP contribution is 2.08. The van der Waals surface area contributed by atoms with Crippen molar-refractivity contribution >= 4 is 5.78 Å². The van der Waals surface area contributed by atoms with Crippen LogP contribution in [0.25, 0.3) is 0 Å². The number of ether oxygens (including phenoxy) is 1. The van der Waals surface area contributed by atoms with Crippen molar-refractivity contribution in [3.8, 4) is 0 Å². The van der Waals surface area contributed by atoms with Gasteiger partial charge >= 0.3 is 0 Å². The van der Waals surface area contributed by atoms with Crippen molar-refractivity contribution in [1.82, 2.24) is 0 Å². The van der Waals surface area contributed by atoms with E-state index in [0.29, 0.717) is 6.61 Å². The Morgan fingerprint density at radius 2 is 2.71 bits per heavy atom. The Balaban J connectivity index is 2.29. The van der Waals surface area contributed by atoms with Crippen LogP contribution in [-0.4, -0.2) is 18.5 Å². The molecule has 7 heavy (non-hydrogen) atoms. The SMILES string of the molecule is CCC1OCC1=O. The first-order valence-electron chi connectivity index (χ1n) is 2.49. The normalized spacial score (nSPS) is 29.9. The third kappa shape index (κ3) is 0.657. The van der Waals surface area contributed by atoms with Gasteiger partial charge in [-0.05, 0) is 6.42 Å². The fourth-order valence-corrected chi connectivity index (χ4v) is 0.615. The lowest BCUT2D eigenvalue weighted by molar-refractivity contribution is -0.154. The van der Waals surface area contributed by atoms with E-state index in [1.165, 1.54) is 0 Å². The minimum Gasteiger partial charge on any atom is -0.362 e. The molecule has 1 unspecified atom stereocenters. The van der Waals surface area contributed by atoms with Crippen LogP contribution in [0.4, 0.5) is 0 Å². The molecule has 1 fully saturated rings. The summed E-state index contributed by atoms with van der Waals surface area (Å²) in [6.45, 7) is 2.29. The Kier molecular flexibility index (Phi) is 1.11. The highest BCUT2D eigenvalue weighted by Gasteiger charge is 2.26. The van der Waals surface area contributed by atoms with Crippen LogP contribution < -0.4 is 0 Å². The van der Waals surface area contributed by atoms with Crippen molar-refractivity contribution in [1.29, 1.82) is 0 Å². The number of Topliss-reactive ketones (excluding diaryl/α,β-unsaturated/α-hetero) is 1. The topological polar surface area (TPSA) is 26.3 Å². The summed E-state index contributed by atoms with van der Waals surface area (Å²) in [6.07, 6.45) is 0.777. The summed E-state index contributed by atoms with van der Waals surface area (Å²) in [4.78, 5) is 10.3. The zero-order valence-corrected chi connectivity index (χ0v) is 4.31. The van der Waals surface area contributed by atoms with E-state index < -0.39 is 0 Å². The van der Waals surface area contributed by atoms with E-state index in [1.807, 2.05) is 6.92 Å². The van der Waals surface area contributed by atoms with Gasteiger partial charge in [-0.25, -0.2) is 0 Å². The quantitative estimate of drug-likeness (QED) is 0.475. The molecule has 2 nitrogen and oxygen atoms in total. The molecule has 0 amide bonds. The standard InChI is InChI=1S/C5H8O2/c1-2-5-4(6)3-7-5/h5H,2-3H2,1H3. The summed E-state index contributed by atoms with van der Waals surface area (Å²) in [7, 11) is 0. The van der Waals surface area contributed by atoms with E-state index in [-0.39, 0.29) is 11.9 Å². The third-order valence-electron chi connectivity index (χ3n) is 1.16. The molecule has 0 aliphatic carbocycles. The van der Waals surface area contributed by atoms with Crippen molar-refractivity contribution in [3.05, 3.63) is 0 Å². The number of carbonyl (C=O) groups excluding carboxylic acids is 1. The van der Waals surface area contributed by atoms with Gasteiger partial charge in [0.1, 0.15) is 12.7 Å². The van der Waals surface area contributed by atoms with Crippen LogP contribution in [0, 0.1) is 0 Å². The van der Waals surface area contributed by atoms with Crippen LogP contribution in [0.5, 0.6) is 0 Å². The first-order chi connectivity index (χ1) is 3.34. The monoisotopic (exact) mass is 100 g/mol. The Hall–Kier alpha value is -0.370. The molecule has 0 N–H and O–H groups in total. The molecule has 1 aliphatic rings. The van der Waals surface area contributed by atoms with Crippen molar-refractivity contribution < 1.29 is 9.53 Å². The van der Waals surface area contributed by atoms with Gasteiger partial charge in [0, 0.05) is 0 Å². The second-order valence-electron chi connectivity index (χ2n) is 1.67. The molecular formula is C5H8O2. The first kappa shape index (κ1) is 4.78. The second kappa shape index (κ2) is 1.62. The van der Waals surface area contributed by atoms with Crippen LogP contribution in [0.1, 0.15) is 13.3 Å². The first-order valence-corrected chi connectivity index (χ1v) is 2.49. The van der Waals surface area contributed by atoms with Crippen LogP contribution in [0.3, 0.4) is 0 Å². The molecule has 1 aliphatic heterocycles. The maximum absolute atomic E-state index is 10.3. The number of rotatable bonds is 1. The average Bonchev–Trinajstić information content (AvgIpc) is 1.65. The van der Waals surface area contributed by atoms with Gasteiger partial charge in [0.05, 0.1) is 0 Å². The Morgan fingerprint density at radius 1 is 2.00 bits per heavy atom. The number of ketones is 1. The number of hydrogen-bond acceptors (Lipinski definition) is 2. The van der Waals surface area contributed by atoms with Crippen molar-refractivity contribution in [2.75, 3.05) is 6.61 Å². The predicted octanol–water partition coefficient (Wildman–Crippen LogP) is 0.364. The molecule has 1 heterocycles. The summed E-state index contributed by atoms with van der Waals surface area (Å²) < 4.78 is 4.84. The van der Waals surface area contributed by atoms with E-state index in [1.54, 1.807) is 0 Å². The van der Waals surface area contributed by atoms with Gasteiger partial charge in [0.2, 0.25) is 0 Å². The Morgan fingerprint density at radius 3 is 2.71 bits per heavy atom. The molecular weight excluding hydrogens is 92.1 g/mol. The molecule has 1 rings (SSSR count). The minimum atomic E-state index is -0.0556. The van der Waals surface area contributed by atoms with E-state index >= 15 is 0 Å². The molecule has 0 saturated carbocycles. The van der Waals surface area contributed by atoms with Crippen LogP contribution >= 0.6 is 0 Å². The van der Waals surface area contributed by atoms with E-state index in [9.17, 15) is 4.79 Å². The van der Waals surface area contributed by atoms with Gasteiger partial charge < -0.3 is 4.74 Å². The maximum atomic E-state index is 10.3. The van der Waals surface area contributed by atoms with Crippen molar-refractivity contribution in [2.24, 2.45) is 0 Å². The zero-order chi connectivity index (χ0) is 5.28. The summed E-state index contributed by atoms with van der Waals surface area (Å²) in [5.41, 5.74) is 0. The lowest BCUT2D eigenvalue weighted by atomic mass is 10.1. The molecule has 0 bridgehead atoms. The molecule has 0 radical (unpaired) electrons. The molecule has 0 aromatic heterocycles. The summed E-state index contributed by atoms with van der Waals surface area (Å²) in [6, 6.07) is 0. The summed E-state index contributed by atoms with van der Waals surface area (Å²) in [5, 5.41) is 0. The predicted molar refractivity (Wildman–Crippen MR) is 25.0 cm³/mol. The van der Waals surface area contributed by atoms with E-state index in [0.717, 1.165) is 6.42 Å².